The maximum absolute atomic E-state index is 13.5. The molecule has 0 aromatic carbocycles. The van der Waals surface area contributed by atoms with Gasteiger partial charge in [-0.15, -0.1) is 4.80 Å². The highest BCUT2D eigenvalue weighted by molar-refractivity contribution is 5.97. The van der Waals surface area contributed by atoms with Crippen molar-refractivity contribution in [2.75, 3.05) is 13.1 Å². The van der Waals surface area contributed by atoms with Gasteiger partial charge in [-0.2, -0.15) is 10.2 Å². The number of amides is 1. The highest BCUT2D eigenvalue weighted by Crippen LogP contribution is 2.15. The zero-order chi connectivity index (χ0) is 15.4. The van der Waals surface area contributed by atoms with Gasteiger partial charge in [0, 0.05) is 19.1 Å². The molecule has 0 fully saturated rings. The number of rotatable bonds is 5. The van der Waals surface area contributed by atoms with Gasteiger partial charge >= 0.3 is 0 Å². The molecule has 1 amide bonds. The predicted octanol–water partition coefficient (Wildman–Crippen LogP) is 0.611. The molecule has 21 heavy (non-hydrogen) atoms. The Balaban J connectivity index is 2.47. The molecule has 0 saturated heterocycles. The predicted molar refractivity (Wildman–Crippen MR) is 74.3 cm³/mol. The number of hydrogen-bond donors (Lipinski definition) is 1. The third-order valence-corrected chi connectivity index (χ3v) is 3.15. The Morgan fingerprint density at radius 3 is 2.71 bits per heavy atom. The Morgan fingerprint density at radius 1 is 1.48 bits per heavy atom. The van der Waals surface area contributed by atoms with Crippen LogP contribution in [0.25, 0.3) is 5.82 Å². The van der Waals surface area contributed by atoms with Gasteiger partial charge in [0.05, 0.1) is 24.2 Å². The second-order valence-electron chi connectivity index (χ2n) is 4.52. The van der Waals surface area contributed by atoms with E-state index in [1.807, 2.05) is 13.8 Å². The van der Waals surface area contributed by atoms with Crippen LogP contribution >= 0.6 is 0 Å². The molecule has 2 N–H and O–H groups in total. The fourth-order valence-corrected chi connectivity index (χ4v) is 2.01. The summed E-state index contributed by atoms with van der Waals surface area (Å²) in [6, 6.07) is 0.976. The molecular formula is C13H17FN6O. The zero-order valence-electron chi connectivity index (χ0n) is 11.9. The quantitative estimate of drug-likeness (QED) is 0.872. The van der Waals surface area contributed by atoms with Crippen LogP contribution < -0.4 is 5.73 Å². The first-order valence-corrected chi connectivity index (χ1v) is 6.61. The van der Waals surface area contributed by atoms with E-state index < -0.39 is 5.82 Å². The Kier molecular flexibility index (Phi) is 4.59. The van der Waals surface area contributed by atoms with Crippen molar-refractivity contribution in [3.05, 3.63) is 36.0 Å². The van der Waals surface area contributed by atoms with Gasteiger partial charge in [-0.1, -0.05) is 0 Å². The van der Waals surface area contributed by atoms with E-state index in [1.54, 1.807) is 4.90 Å². The van der Waals surface area contributed by atoms with Gasteiger partial charge in [0.25, 0.3) is 5.91 Å². The Hall–Kier alpha value is -2.35. The summed E-state index contributed by atoms with van der Waals surface area (Å²) in [6.07, 6.45) is 3.94. The van der Waals surface area contributed by atoms with E-state index in [9.17, 15) is 9.18 Å². The lowest BCUT2D eigenvalue weighted by Crippen LogP contribution is -2.43. The summed E-state index contributed by atoms with van der Waals surface area (Å²) < 4.78 is 13.5. The normalized spacial score (nSPS) is 12.2. The number of nitrogens with two attached hydrogens (primary N) is 1. The Bertz CT molecular complexity index is 615. The van der Waals surface area contributed by atoms with Crippen LogP contribution in [0.15, 0.2) is 24.7 Å². The van der Waals surface area contributed by atoms with Crippen LogP contribution in [0.2, 0.25) is 0 Å². The van der Waals surface area contributed by atoms with E-state index in [0.717, 1.165) is 12.3 Å². The van der Waals surface area contributed by atoms with Crippen molar-refractivity contribution >= 4 is 5.91 Å². The van der Waals surface area contributed by atoms with Crippen LogP contribution in [0.4, 0.5) is 4.39 Å². The van der Waals surface area contributed by atoms with E-state index in [-0.39, 0.29) is 23.3 Å². The van der Waals surface area contributed by atoms with Crippen molar-refractivity contribution in [2.45, 2.75) is 19.9 Å². The van der Waals surface area contributed by atoms with Crippen LogP contribution in [0, 0.1) is 5.82 Å². The number of likely N-dealkylation sites (N-methyl/N-ethyl adjacent to an activating group) is 1. The summed E-state index contributed by atoms with van der Waals surface area (Å²) in [7, 11) is 0. The summed E-state index contributed by atoms with van der Waals surface area (Å²) in [5.41, 5.74) is 5.72. The molecule has 0 radical (unpaired) electrons. The second kappa shape index (κ2) is 6.40. The molecule has 0 aliphatic rings. The SMILES string of the molecule is CCN(C(=O)c1cc(F)cnc1-n1nccn1)[C@@H](C)CN. The van der Waals surface area contributed by atoms with Crippen LogP contribution in [0.3, 0.4) is 0 Å². The molecule has 0 saturated carbocycles. The molecule has 8 heteroatoms. The average Bonchev–Trinajstić information content (AvgIpc) is 3.01. The monoisotopic (exact) mass is 292 g/mol. The van der Waals surface area contributed by atoms with Gasteiger partial charge in [0.2, 0.25) is 0 Å². The Labute approximate surface area is 121 Å². The molecule has 0 spiro atoms. The van der Waals surface area contributed by atoms with Crippen LogP contribution in [-0.4, -0.2) is 49.9 Å². The highest BCUT2D eigenvalue weighted by atomic mass is 19.1. The summed E-state index contributed by atoms with van der Waals surface area (Å²) in [6.45, 7) is 4.44. The van der Waals surface area contributed by atoms with Gasteiger partial charge in [0.15, 0.2) is 5.82 Å². The van der Waals surface area contributed by atoms with E-state index in [4.69, 9.17) is 5.73 Å². The van der Waals surface area contributed by atoms with E-state index in [1.165, 1.54) is 17.2 Å². The molecule has 0 aliphatic carbocycles. The smallest absolute Gasteiger partial charge is 0.258 e. The van der Waals surface area contributed by atoms with Crippen molar-refractivity contribution in [3.8, 4) is 5.82 Å². The van der Waals surface area contributed by atoms with Crippen molar-refractivity contribution in [1.82, 2.24) is 24.9 Å². The van der Waals surface area contributed by atoms with Gasteiger partial charge in [-0.25, -0.2) is 9.37 Å². The van der Waals surface area contributed by atoms with Crippen LogP contribution in [0.5, 0.6) is 0 Å². The molecule has 2 heterocycles. The molecule has 0 unspecified atom stereocenters. The number of hydrogen-bond acceptors (Lipinski definition) is 5. The fraction of sp³-hybridized carbons (Fsp3) is 0.385. The summed E-state index contributed by atoms with van der Waals surface area (Å²) in [4.78, 5) is 19.3. The zero-order valence-corrected chi connectivity index (χ0v) is 11.9. The number of nitrogens with zero attached hydrogens (tertiary/aromatic N) is 5. The maximum Gasteiger partial charge on any atom is 0.258 e. The summed E-state index contributed by atoms with van der Waals surface area (Å²) >= 11 is 0. The molecule has 2 aromatic rings. The minimum absolute atomic E-state index is 0.105. The molecule has 0 bridgehead atoms. The molecule has 2 rings (SSSR count). The minimum Gasteiger partial charge on any atom is -0.335 e. The van der Waals surface area contributed by atoms with Crippen molar-refractivity contribution in [2.24, 2.45) is 5.73 Å². The lowest BCUT2D eigenvalue weighted by molar-refractivity contribution is 0.0708. The molecule has 1 atom stereocenters. The first-order valence-electron chi connectivity index (χ1n) is 6.61. The summed E-state index contributed by atoms with van der Waals surface area (Å²) in [5, 5.41) is 7.87. The number of carbonyl (C=O) groups is 1. The summed E-state index contributed by atoms with van der Waals surface area (Å²) in [5.74, 6) is -0.755. The first-order chi connectivity index (χ1) is 10.1. The van der Waals surface area contributed by atoms with E-state index in [2.05, 4.69) is 15.2 Å². The fourth-order valence-electron chi connectivity index (χ4n) is 2.01. The molecule has 0 aliphatic heterocycles. The van der Waals surface area contributed by atoms with Gasteiger partial charge in [-0.05, 0) is 19.9 Å². The van der Waals surface area contributed by atoms with Gasteiger partial charge < -0.3 is 10.6 Å². The van der Waals surface area contributed by atoms with Crippen molar-refractivity contribution in [3.63, 3.8) is 0 Å². The molecule has 112 valence electrons. The number of aromatic nitrogens is 4. The molecular weight excluding hydrogens is 275 g/mol. The maximum atomic E-state index is 13.5. The van der Waals surface area contributed by atoms with Gasteiger partial charge in [-0.3, -0.25) is 4.79 Å². The largest absolute Gasteiger partial charge is 0.335 e. The second-order valence-corrected chi connectivity index (χ2v) is 4.52. The average molecular weight is 292 g/mol. The third kappa shape index (κ3) is 3.05. The van der Waals surface area contributed by atoms with Gasteiger partial charge in [0.1, 0.15) is 5.82 Å². The lowest BCUT2D eigenvalue weighted by Gasteiger charge is -2.27. The highest BCUT2D eigenvalue weighted by Gasteiger charge is 2.24. The Morgan fingerprint density at radius 2 is 2.14 bits per heavy atom. The molecule has 7 nitrogen and oxygen atoms in total. The molecule has 2 aromatic heterocycles. The van der Waals surface area contributed by atoms with Crippen molar-refractivity contribution in [1.29, 1.82) is 0 Å². The van der Waals surface area contributed by atoms with Crippen LogP contribution in [-0.2, 0) is 0 Å². The minimum atomic E-state index is -0.592. The van der Waals surface area contributed by atoms with Crippen LogP contribution in [0.1, 0.15) is 24.2 Å². The van der Waals surface area contributed by atoms with E-state index >= 15 is 0 Å². The van der Waals surface area contributed by atoms with E-state index in [0.29, 0.717) is 13.1 Å². The number of pyridine rings is 1. The topological polar surface area (TPSA) is 89.9 Å². The van der Waals surface area contributed by atoms with Crippen molar-refractivity contribution < 1.29 is 9.18 Å². The lowest BCUT2D eigenvalue weighted by atomic mass is 10.2. The third-order valence-electron chi connectivity index (χ3n) is 3.15. The number of carbonyl (C=O) groups excluding carboxylic acids is 1. The first kappa shape index (κ1) is 15.0. The standard InChI is InChI=1S/C13H17FN6O/c1-3-19(9(2)7-15)13(21)11-6-10(14)8-16-12(11)20-17-4-5-18-20/h4-6,8-9H,3,7,15H2,1-2H3/t9-/m0/s1. The number of halogens is 1.